The summed E-state index contributed by atoms with van der Waals surface area (Å²) >= 11 is 0. The number of hydrogen-bond donors (Lipinski definition) is 0. The number of benzene rings is 1. The average Bonchev–Trinajstić information content (AvgIpc) is 2.16. The maximum Gasteiger partial charge on any atom is 0.264 e. The smallest absolute Gasteiger partial charge is 0.264 e. The van der Waals surface area contributed by atoms with E-state index < -0.39 is 6.43 Å². The predicted octanol–water partition coefficient (Wildman–Crippen LogP) is 3.39. The van der Waals surface area contributed by atoms with Crippen molar-refractivity contribution < 1.29 is 13.6 Å². The first-order chi connectivity index (χ1) is 6.56. The Hall–Kier alpha value is -1.25. The average molecular weight is 198 g/mol. The molecule has 0 aliphatic rings. The molecule has 0 unspecified atom stereocenters. The number of aryl methyl sites for hydroxylation is 1. The summed E-state index contributed by atoms with van der Waals surface area (Å²) in [7, 11) is 0. The van der Waals surface area contributed by atoms with Crippen molar-refractivity contribution in [2.75, 3.05) is 0 Å². The molecule has 0 atom stereocenters. The first-order valence-electron chi connectivity index (χ1n) is 4.48. The van der Waals surface area contributed by atoms with E-state index in [9.17, 15) is 13.6 Å². The number of hydrogen-bond acceptors (Lipinski definition) is 1. The van der Waals surface area contributed by atoms with Crippen LogP contribution in [0, 0.1) is 0 Å². The molecule has 0 radical (unpaired) electrons. The molecule has 0 fully saturated rings. The molecule has 14 heavy (non-hydrogen) atoms. The van der Waals surface area contributed by atoms with Gasteiger partial charge in [0.2, 0.25) is 0 Å². The van der Waals surface area contributed by atoms with Crippen LogP contribution in [0.1, 0.15) is 41.8 Å². The van der Waals surface area contributed by atoms with Gasteiger partial charge >= 0.3 is 0 Å². The van der Waals surface area contributed by atoms with Crippen LogP contribution in [-0.4, -0.2) is 5.78 Å². The van der Waals surface area contributed by atoms with E-state index in [2.05, 4.69) is 0 Å². The molecule has 0 aromatic heterocycles. The van der Waals surface area contributed by atoms with Crippen molar-refractivity contribution in [1.29, 1.82) is 0 Å². The van der Waals surface area contributed by atoms with Gasteiger partial charge in [0.25, 0.3) is 6.43 Å². The van der Waals surface area contributed by atoms with Gasteiger partial charge in [-0.25, -0.2) is 8.78 Å². The number of alkyl halides is 2. The molecule has 0 amide bonds. The van der Waals surface area contributed by atoms with E-state index in [4.69, 9.17) is 0 Å². The van der Waals surface area contributed by atoms with E-state index in [-0.39, 0.29) is 11.3 Å². The number of carbonyl (C=O) groups is 1. The summed E-state index contributed by atoms with van der Waals surface area (Å²) in [6.07, 6.45) is -1.96. The summed E-state index contributed by atoms with van der Waals surface area (Å²) in [6.45, 7) is 3.19. The first-order valence-corrected chi connectivity index (χ1v) is 4.48. The summed E-state index contributed by atoms with van der Waals surface area (Å²) in [6, 6.07) is 4.47. The van der Waals surface area contributed by atoms with Gasteiger partial charge in [-0.15, -0.1) is 0 Å². The molecule has 76 valence electrons. The summed E-state index contributed by atoms with van der Waals surface area (Å²) in [5.74, 6) is -0.186. The van der Waals surface area contributed by atoms with E-state index in [1.165, 1.54) is 13.0 Å². The van der Waals surface area contributed by atoms with E-state index in [1.54, 1.807) is 12.1 Å². The van der Waals surface area contributed by atoms with Crippen LogP contribution in [-0.2, 0) is 6.42 Å². The lowest BCUT2D eigenvalue weighted by Crippen LogP contribution is -1.98. The third kappa shape index (κ3) is 2.16. The standard InChI is InChI=1S/C11H12F2O/c1-3-8-4-5-9(7(2)14)6-10(8)11(12)13/h4-6,11H,3H2,1-2H3. The highest BCUT2D eigenvalue weighted by atomic mass is 19.3. The number of carbonyl (C=O) groups excluding carboxylic acids is 1. The molecule has 0 N–H and O–H groups in total. The second kappa shape index (κ2) is 4.31. The van der Waals surface area contributed by atoms with Gasteiger partial charge in [-0.1, -0.05) is 19.1 Å². The zero-order valence-electron chi connectivity index (χ0n) is 8.18. The van der Waals surface area contributed by atoms with E-state index in [0.717, 1.165) is 0 Å². The van der Waals surface area contributed by atoms with E-state index >= 15 is 0 Å². The lowest BCUT2D eigenvalue weighted by atomic mass is 10.0. The van der Waals surface area contributed by atoms with Crippen LogP contribution >= 0.6 is 0 Å². The van der Waals surface area contributed by atoms with E-state index in [1.807, 2.05) is 6.92 Å². The number of Topliss-reactive ketones (excluding diaryl/α,β-unsaturated/α-hetero) is 1. The van der Waals surface area contributed by atoms with Crippen molar-refractivity contribution >= 4 is 5.78 Å². The number of halogens is 2. The fourth-order valence-corrected chi connectivity index (χ4v) is 1.34. The van der Waals surface area contributed by atoms with Crippen molar-refractivity contribution in [3.8, 4) is 0 Å². The fraction of sp³-hybridized carbons (Fsp3) is 0.364. The Morgan fingerprint density at radius 1 is 1.43 bits per heavy atom. The molecule has 1 rings (SSSR count). The van der Waals surface area contributed by atoms with Gasteiger partial charge in [-0.05, 0) is 25.0 Å². The third-order valence-corrected chi connectivity index (χ3v) is 2.17. The van der Waals surface area contributed by atoms with Crippen LogP contribution in [0.25, 0.3) is 0 Å². The van der Waals surface area contributed by atoms with Crippen LogP contribution in [0.15, 0.2) is 18.2 Å². The molecule has 0 saturated heterocycles. The normalized spacial score (nSPS) is 10.6. The predicted molar refractivity (Wildman–Crippen MR) is 50.8 cm³/mol. The Morgan fingerprint density at radius 3 is 2.50 bits per heavy atom. The highest BCUT2D eigenvalue weighted by molar-refractivity contribution is 5.94. The van der Waals surface area contributed by atoms with Crippen molar-refractivity contribution in [3.63, 3.8) is 0 Å². The summed E-state index contributed by atoms with van der Waals surface area (Å²) in [5.41, 5.74) is 0.919. The zero-order valence-corrected chi connectivity index (χ0v) is 8.18. The quantitative estimate of drug-likeness (QED) is 0.680. The topological polar surface area (TPSA) is 17.1 Å². The van der Waals surface area contributed by atoms with Crippen LogP contribution in [0.2, 0.25) is 0 Å². The van der Waals surface area contributed by atoms with Gasteiger partial charge in [0.15, 0.2) is 5.78 Å². The maximum absolute atomic E-state index is 12.5. The fourth-order valence-electron chi connectivity index (χ4n) is 1.34. The molecule has 1 aromatic rings. The molecule has 0 bridgehead atoms. The molecule has 0 aliphatic carbocycles. The largest absolute Gasteiger partial charge is 0.295 e. The second-order valence-corrected chi connectivity index (χ2v) is 3.12. The minimum Gasteiger partial charge on any atom is -0.295 e. The molecule has 3 heteroatoms. The number of ketones is 1. The Morgan fingerprint density at radius 2 is 2.07 bits per heavy atom. The molecule has 0 aliphatic heterocycles. The summed E-state index contributed by atoms with van der Waals surface area (Å²) in [5, 5.41) is 0. The van der Waals surface area contributed by atoms with Crippen LogP contribution < -0.4 is 0 Å². The molecule has 1 aromatic carbocycles. The van der Waals surface area contributed by atoms with Crippen molar-refractivity contribution in [2.24, 2.45) is 0 Å². The van der Waals surface area contributed by atoms with Crippen molar-refractivity contribution in [1.82, 2.24) is 0 Å². The van der Waals surface area contributed by atoms with Crippen LogP contribution in [0.3, 0.4) is 0 Å². The molecule has 0 spiro atoms. The van der Waals surface area contributed by atoms with Crippen molar-refractivity contribution in [2.45, 2.75) is 26.7 Å². The minimum absolute atomic E-state index is 0.0276. The molecule has 0 saturated carbocycles. The van der Waals surface area contributed by atoms with Gasteiger partial charge in [0, 0.05) is 11.1 Å². The Labute approximate surface area is 81.7 Å². The monoisotopic (exact) mass is 198 g/mol. The Kier molecular flexibility index (Phi) is 3.33. The molecular formula is C11H12F2O. The Bertz CT molecular complexity index is 345. The zero-order chi connectivity index (χ0) is 10.7. The lowest BCUT2D eigenvalue weighted by molar-refractivity contribution is 0.101. The van der Waals surface area contributed by atoms with Gasteiger partial charge in [0.1, 0.15) is 0 Å². The summed E-state index contributed by atoms with van der Waals surface area (Å²) in [4.78, 5) is 11.0. The maximum atomic E-state index is 12.5. The summed E-state index contributed by atoms with van der Waals surface area (Å²) < 4.78 is 25.1. The molecular weight excluding hydrogens is 186 g/mol. The van der Waals surface area contributed by atoms with Gasteiger partial charge in [0.05, 0.1) is 0 Å². The second-order valence-electron chi connectivity index (χ2n) is 3.12. The molecule has 1 nitrogen and oxygen atoms in total. The SMILES string of the molecule is CCc1ccc(C(C)=O)cc1C(F)F. The third-order valence-electron chi connectivity index (χ3n) is 2.17. The number of rotatable bonds is 3. The van der Waals surface area contributed by atoms with Crippen molar-refractivity contribution in [3.05, 3.63) is 34.9 Å². The lowest BCUT2D eigenvalue weighted by Gasteiger charge is -2.07. The van der Waals surface area contributed by atoms with Gasteiger partial charge in [-0.2, -0.15) is 0 Å². The first kappa shape index (κ1) is 10.8. The minimum atomic E-state index is -2.51. The molecule has 0 heterocycles. The van der Waals surface area contributed by atoms with E-state index in [0.29, 0.717) is 17.5 Å². The Balaban J connectivity index is 3.20. The van der Waals surface area contributed by atoms with Gasteiger partial charge < -0.3 is 0 Å². The highest BCUT2D eigenvalue weighted by Crippen LogP contribution is 2.24. The van der Waals surface area contributed by atoms with Crippen LogP contribution in [0.5, 0.6) is 0 Å². The highest BCUT2D eigenvalue weighted by Gasteiger charge is 2.13. The van der Waals surface area contributed by atoms with Gasteiger partial charge in [-0.3, -0.25) is 4.79 Å². The van der Waals surface area contributed by atoms with Crippen LogP contribution in [0.4, 0.5) is 8.78 Å².